The minimum atomic E-state index is -1.22. The van der Waals surface area contributed by atoms with Crippen molar-refractivity contribution in [3.8, 4) is 0 Å². The van der Waals surface area contributed by atoms with E-state index in [-0.39, 0.29) is 70.7 Å². The van der Waals surface area contributed by atoms with E-state index in [0.717, 1.165) is 50.4 Å². The Labute approximate surface area is 215 Å². The van der Waals surface area contributed by atoms with Crippen LogP contribution in [0.15, 0.2) is 0 Å². The normalized spacial score (nSPS) is 13.5. The molecule has 0 saturated carbocycles. The van der Waals surface area contributed by atoms with Gasteiger partial charge >= 0.3 is 51.4 Å². The van der Waals surface area contributed by atoms with Crippen molar-refractivity contribution in [2.24, 2.45) is 11.8 Å². The van der Waals surface area contributed by atoms with Gasteiger partial charge in [-0.25, -0.2) is 0 Å². The maximum Gasteiger partial charge on any atom is 1.00 e. The molecular formula is C22H43KO5. The molecule has 0 aliphatic heterocycles. The number of aliphatic carboxylic acids is 1. The molecule has 0 aromatic rings. The van der Waals surface area contributed by atoms with Crippen LogP contribution in [0.4, 0.5) is 0 Å². The molecule has 2 unspecified atom stereocenters. The Morgan fingerprint density at radius 1 is 0.821 bits per heavy atom. The van der Waals surface area contributed by atoms with Crippen LogP contribution < -0.4 is 56.5 Å². The van der Waals surface area contributed by atoms with Gasteiger partial charge in [-0.3, -0.25) is 0 Å². The Morgan fingerprint density at radius 2 is 1.32 bits per heavy atom. The summed E-state index contributed by atoms with van der Waals surface area (Å²) in [4.78, 5) is 10.5. The molecule has 0 fully saturated rings. The van der Waals surface area contributed by atoms with Gasteiger partial charge in [-0.1, -0.05) is 79.1 Å². The number of rotatable bonds is 19. The molecule has 0 heterocycles. The number of aliphatic hydroxyl groups is 1. The average Bonchev–Trinajstić information content (AvgIpc) is 2.57. The Kier molecular flexibility index (Phi) is 23.6. The Hall–Kier alpha value is 0.986. The Balaban J connectivity index is 0. The van der Waals surface area contributed by atoms with Gasteiger partial charge in [-0.05, 0) is 24.7 Å². The molecule has 0 aliphatic carbocycles. The molecule has 0 radical (unpaired) electrons. The number of carbonyl (C=O) groups excluding carboxylic acids is 1. The maximum atomic E-state index is 10.5. The van der Waals surface area contributed by atoms with Crippen LogP contribution in [0, 0.1) is 11.8 Å². The van der Waals surface area contributed by atoms with Gasteiger partial charge in [0.15, 0.2) is 0 Å². The third-order valence-corrected chi connectivity index (χ3v) is 4.67. The SMILES string of the molecule is CC(C)CCCCCC(O)COC(CCCCCC(C)C)COCC(=O)[O-].[K+]. The maximum absolute atomic E-state index is 10.5. The molecular weight excluding hydrogens is 383 g/mol. The van der Waals surface area contributed by atoms with Crippen molar-refractivity contribution >= 4 is 5.97 Å². The van der Waals surface area contributed by atoms with Crippen molar-refractivity contribution in [2.75, 3.05) is 19.8 Å². The van der Waals surface area contributed by atoms with E-state index >= 15 is 0 Å². The van der Waals surface area contributed by atoms with Crippen LogP contribution in [-0.4, -0.2) is 43.1 Å². The Bertz CT molecular complexity index is 350. The number of ether oxygens (including phenoxy) is 2. The number of carboxylic acids is 1. The van der Waals surface area contributed by atoms with E-state index in [1.165, 1.54) is 25.7 Å². The van der Waals surface area contributed by atoms with E-state index in [4.69, 9.17) is 9.47 Å². The first-order valence-corrected chi connectivity index (χ1v) is 10.9. The number of carboxylic acid groups (broad SMARTS) is 1. The minimum absolute atomic E-state index is 0. The molecule has 5 nitrogen and oxygen atoms in total. The van der Waals surface area contributed by atoms with Crippen molar-refractivity contribution in [1.29, 1.82) is 0 Å². The zero-order valence-electron chi connectivity index (χ0n) is 19.1. The molecule has 0 aromatic heterocycles. The predicted molar refractivity (Wildman–Crippen MR) is 107 cm³/mol. The average molecular weight is 427 g/mol. The third-order valence-electron chi connectivity index (χ3n) is 4.67. The quantitative estimate of drug-likeness (QED) is 0.243. The summed E-state index contributed by atoms with van der Waals surface area (Å²) < 4.78 is 11.0. The largest absolute Gasteiger partial charge is 1.00 e. The minimum Gasteiger partial charge on any atom is -0.548 e. The fraction of sp³-hybridized carbons (Fsp3) is 0.955. The third kappa shape index (κ3) is 23.3. The number of hydrogen-bond acceptors (Lipinski definition) is 5. The molecule has 0 bridgehead atoms. The number of aliphatic hydroxyl groups excluding tert-OH is 1. The van der Waals surface area contributed by atoms with Gasteiger partial charge in [0.2, 0.25) is 0 Å². The van der Waals surface area contributed by atoms with E-state index in [2.05, 4.69) is 27.7 Å². The molecule has 162 valence electrons. The zero-order valence-corrected chi connectivity index (χ0v) is 22.2. The molecule has 2 atom stereocenters. The number of hydrogen-bond donors (Lipinski definition) is 1. The summed E-state index contributed by atoms with van der Waals surface area (Å²) in [5, 5.41) is 20.6. The predicted octanol–water partition coefficient (Wildman–Crippen LogP) is 0.716. The van der Waals surface area contributed by atoms with Gasteiger partial charge in [0.05, 0.1) is 38.0 Å². The monoisotopic (exact) mass is 426 g/mol. The first-order chi connectivity index (χ1) is 12.8. The van der Waals surface area contributed by atoms with Crippen LogP contribution in [-0.2, 0) is 14.3 Å². The molecule has 0 amide bonds. The van der Waals surface area contributed by atoms with Crippen LogP contribution in [0.2, 0.25) is 0 Å². The van der Waals surface area contributed by atoms with Gasteiger partial charge in [-0.2, -0.15) is 0 Å². The Morgan fingerprint density at radius 3 is 1.82 bits per heavy atom. The van der Waals surface area contributed by atoms with Crippen molar-refractivity contribution in [1.82, 2.24) is 0 Å². The zero-order chi connectivity index (χ0) is 20.5. The fourth-order valence-corrected chi connectivity index (χ4v) is 3.03. The fourth-order valence-electron chi connectivity index (χ4n) is 3.03. The van der Waals surface area contributed by atoms with Gasteiger partial charge in [0, 0.05) is 0 Å². The second-order valence-electron chi connectivity index (χ2n) is 8.56. The topological polar surface area (TPSA) is 78.8 Å². The summed E-state index contributed by atoms with van der Waals surface area (Å²) in [6, 6.07) is 0. The first kappa shape index (κ1) is 31.2. The summed E-state index contributed by atoms with van der Waals surface area (Å²) in [5.41, 5.74) is 0. The van der Waals surface area contributed by atoms with Gasteiger partial charge in [0.25, 0.3) is 0 Å². The summed E-state index contributed by atoms with van der Waals surface area (Å²) >= 11 is 0. The molecule has 0 aliphatic rings. The standard InChI is InChI=1S/C22H44O5.K/c1-18(2)11-7-5-9-13-20(23)15-27-21(16-26-17-22(24)25)14-10-6-8-12-19(3)4;/h18-21,23H,5-17H2,1-4H3,(H,24,25);/q;+1/p-1. The van der Waals surface area contributed by atoms with E-state index in [1.54, 1.807) is 0 Å². The molecule has 0 saturated heterocycles. The second kappa shape index (κ2) is 21.2. The van der Waals surface area contributed by atoms with Crippen molar-refractivity contribution in [2.45, 2.75) is 104 Å². The molecule has 1 N–H and O–H groups in total. The van der Waals surface area contributed by atoms with Gasteiger partial charge in [-0.15, -0.1) is 0 Å². The number of unbranched alkanes of at least 4 members (excludes halogenated alkanes) is 4. The van der Waals surface area contributed by atoms with E-state index in [1.807, 2.05) is 0 Å². The van der Waals surface area contributed by atoms with E-state index in [9.17, 15) is 15.0 Å². The summed E-state index contributed by atoms with van der Waals surface area (Å²) in [5.74, 6) is 0.242. The summed E-state index contributed by atoms with van der Waals surface area (Å²) in [6.45, 7) is 9.02. The molecule has 0 rings (SSSR count). The van der Waals surface area contributed by atoms with Gasteiger partial charge in [0.1, 0.15) is 0 Å². The van der Waals surface area contributed by atoms with E-state index < -0.39 is 18.7 Å². The van der Waals surface area contributed by atoms with Crippen LogP contribution >= 0.6 is 0 Å². The summed E-state index contributed by atoms with van der Waals surface area (Å²) in [6.07, 6.45) is 10.1. The second-order valence-corrected chi connectivity index (χ2v) is 8.56. The summed E-state index contributed by atoms with van der Waals surface area (Å²) in [7, 11) is 0. The van der Waals surface area contributed by atoms with Crippen LogP contribution in [0.25, 0.3) is 0 Å². The molecule has 6 heteroatoms. The molecule has 0 spiro atoms. The number of carbonyl (C=O) groups is 1. The molecule has 28 heavy (non-hydrogen) atoms. The van der Waals surface area contributed by atoms with E-state index in [0.29, 0.717) is 0 Å². The smallest absolute Gasteiger partial charge is 0.548 e. The van der Waals surface area contributed by atoms with Crippen LogP contribution in [0.1, 0.15) is 91.9 Å². The van der Waals surface area contributed by atoms with Gasteiger partial charge < -0.3 is 24.5 Å². The van der Waals surface area contributed by atoms with Crippen molar-refractivity contribution in [3.63, 3.8) is 0 Å². The molecule has 0 aromatic carbocycles. The van der Waals surface area contributed by atoms with Crippen LogP contribution in [0.5, 0.6) is 0 Å². The van der Waals surface area contributed by atoms with Crippen molar-refractivity contribution < 1.29 is 75.9 Å². The first-order valence-electron chi connectivity index (χ1n) is 10.9. The van der Waals surface area contributed by atoms with Crippen LogP contribution in [0.3, 0.4) is 0 Å². The van der Waals surface area contributed by atoms with Crippen molar-refractivity contribution in [3.05, 3.63) is 0 Å².